The van der Waals surface area contributed by atoms with Gasteiger partial charge in [0.25, 0.3) is 11.8 Å². The van der Waals surface area contributed by atoms with Crippen molar-refractivity contribution >= 4 is 59.3 Å². The maximum atomic E-state index is 14.9. The monoisotopic (exact) mass is 1110 g/mol. The van der Waals surface area contributed by atoms with E-state index in [0.29, 0.717) is 57.1 Å². The second-order valence-corrected chi connectivity index (χ2v) is 22.2. The van der Waals surface area contributed by atoms with Gasteiger partial charge in [-0.15, -0.1) is 0 Å². The number of amides is 6. The lowest BCUT2D eigenvalue weighted by atomic mass is 9.51. The van der Waals surface area contributed by atoms with Gasteiger partial charge in [-0.05, 0) is 69.3 Å². The molecule has 1 aromatic rings. The van der Waals surface area contributed by atoms with E-state index < -0.39 is 106 Å². The van der Waals surface area contributed by atoms with Crippen molar-refractivity contribution < 1.29 is 66.8 Å². The number of nitrogens with zero attached hydrogens (tertiary/aromatic N) is 2. The second-order valence-electron chi connectivity index (χ2n) is 22.2. The third kappa shape index (κ3) is 14.0. The van der Waals surface area contributed by atoms with Crippen LogP contribution in [-0.2, 0) is 73.3 Å². The number of carbonyl (C=O) groups is 9. The summed E-state index contributed by atoms with van der Waals surface area (Å²) < 4.78 is 31.1. The smallest absolute Gasteiger partial charge is 0.331 e. The van der Waals surface area contributed by atoms with E-state index in [1.54, 1.807) is 44.2 Å². The number of ether oxygens (including phenoxy) is 5. The average molecular weight is 1110 g/mol. The molecule has 22 nitrogen and oxygen atoms in total. The van der Waals surface area contributed by atoms with E-state index in [2.05, 4.69) is 26.3 Å². The van der Waals surface area contributed by atoms with Crippen molar-refractivity contribution in [2.45, 2.75) is 160 Å². The summed E-state index contributed by atoms with van der Waals surface area (Å²) in [6.45, 7) is 9.67. The first kappa shape index (κ1) is 60.4. The molecule has 3 fully saturated rings. The lowest BCUT2D eigenvalue weighted by Gasteiger charge is -2.58. The summed E-state index contributed by atoms with van der Waals surface area (Å²) in [5.74, 6) is -6.73. The maximum absolute atomic E-state index is 14.9. The molecular weight excluding hydrogens is 1030 g/mol. The summed E-state index contributed by atoms with van der Waals surface area (Å²) in [5.41, 5.74) is 10.4. The fourth-order valence-corrected chi connectivity index (χ4v) is 11.8. The van der Waals surface area contributed by atoms with Crippen LogP contribution in [0.15, 0.2) is 83.4 Å². The summed E-state index contributed by atoms with van der Waals surface area (Å²) >= 11 is 0. The molecule has 434 valence electrons. The van der Waals surface area contributed by atoms with Crippen LogP contribution in [0.3, 0.4) is 0 Å². The third-order valence-electron chi connectivity index (χ3n) is 17.0. The van der Waals surface area contributed by atoms with Gasteiger partial charge in [0.1, 0.15) is 42.5 Å². The van der Waals surface area contributed by atoms with Crippen LogP contribution in [0.4, 0.5) is 0 Å². The first-order chi connectivity index (χ1) is 38.2. The molecule has 1 saturated carbocycles. The van der Waals surface area contributed by atoms with E-state index in [1.165, 1.54) is 30.4 Å². The van der Waals surface area contributed by atoms with Gasteiger partial charge in [0.2, 0.25) is 23.6 Å². The minimum Gasteiger partial charge on any atom is -0.463 e. The van der Waals surface area contributed by atoms with E-state index in [0.717, 1.165) is 16.5 Å². The summed E-state index contributed by atoms with van der Waals surface area (Å²) in [6, 6.07) is 3.90. The Hall–Kier alpha value is -7.20. The highest BCUT2D eigenvalue weighted by Gasteiger charge is 2.83. The number of benzene rings is 1. The number of aliphatic imine (C=N–C) groups is 1. The van der Waals surface area contributed by atoms with Crippen molar-refractivity contribution in [3.63, 3.8) is 0 Å². The van der Waals surface area contributed by atoms with Crippen LogP contribution in [0.1, 0.15) is 111 Å². The van der Waals surface area contributed by atoms with Gasteiger partial charge in [0, 0.05) is 62.1 Å². The van der Waals surface area contributed by atoms with Crippen molar-refractivity contribution in [3.8, 4) is 0 Å². The van der Waals surface area contributed by atoms with Crippen molar-refractivity contribution in [1.29, 1.82) is 0 Å². The van der Waals surface area contributed by atoms with Crippen molar-refractivity contribution in [2.75, 3.05) is 32.9 Å². The Morgan fingerprint density at radius 3 is 2.23 bits per heavy atom. The van der Waals surface area contributed by atoms with Crippen LogP contribution in [0.5, 0.6) is 0 Å². The second kappa shape index (κ2) is 26.8. The zero-order chi connectivity index (χ0) is 57.8. The van der Waals surface area contributed by atoms with Gasteiger partial charge < -0.3 is 56.4 Å². The van der Waals surface area contributed by atoms with Gasteiger partial charge in [0.05, 0.1) is 30.8 Å². The lowest BCUT2D eigenvalue weighted by molar-refractivity contribution is -0.233. The quantitative estimate of drug-likeness (QED) is 0.0151. The Labute approximate surface area is 466 Å². The molecule has 2 bridgehead atoms. The number of nitrogens with two attached hydrogens (primary N) is 2. The van der Waals surface area contributed by atoms with Gasteiger partial charge in [-0.2, -0.15) is 0 Å². The number of imide groups is 1. The Bertz CT molecular complexity index is 2630. The number of hydrogen-bond donors (Lipinski definition) is 6. The largest absolute Gasteiger partial charge is 0.463 e. The Kier molecular flexibility index (Phi) is 20.3. The molecule has 80 heavy (non-hydrogen) atoms. The third-order valence-corrected chi connectivity index (χ3v) is 17.0. The van der Waals surface area contributed by atoms with Crippen LogP contribution in [-0.4, -0.2) is 145 Å². The molecule has 4 heterocycles. The van der Waals surface area contributed by atoms with Gasteiger partial charge >= 0.3 is 17.9 Å². The number of carbonyl (C=O) groups excluding carboxylic acids is 9. The normalized spacial score (nSPS) is 29.6. The summed E-state index contributed by atoms with van der Waals surface area (Å²) in [7, 11) is 0. The number of allylic oxidation sites excluding steroid dienone is 3. The molecule has 8 N–H and O–H groups in total. The summed E-state index contributed by atoms with van der Waals surface area (Å²) in [4.78, 5) is 127. The first-order valence-corrected chi connectivity index (χ1v) is 27.9. The number of guanidine groups is 1. The molecular formula is C58H78N8O14. The maximum Gasteiger partial charge on any atom is 0.331 e. The van der Waals surface area contributed by atoms with E-state index >= 15 is 0 Å². The van der Waals surface area contributed by atoms with Crippen molar-refractivity contribution in [2.24, 2.45) is 39.1 Å². The van der Waals surface area contributed by atoms with Crippen LogP contribution >= 0.6 is 0 Å². The molecule has 1 aromatic carbocycles. The Balaban J connectivity index is 1.11. The fourth-order valence-electron chi connectivity index (χ4n) is 11.8. The highest BCUT2D eigenvalue weighted by molar-refractivity contribution is 6.12. The predicted molar refractivity (Wildman–Crippen MR) is 291 cm³/mol. The number of rotatable bonds is 21. The SMILES string of the molecule is CCC(C)[C@H](NC(=O)CCCCCN1C(=O)C=CC1=O)C(=O)N[C@@H](Cc1ccccc1)C(=O)N[C@@H](CCCN=C(N)N)C(=O)N[C@H]1C(=O)OC[C@]23CCC(C)=CC2O[C@@H]2C[C@@H](OC(=O)/C=C\C=C\C(=O)OCC[C@H]1C)[C@@]3(C)[C@]21CO1. The van der Waals surface area contributed by atoms with Crippen LogP contribution < -0.4 is 32.7 Å². The van der Waals surface area contributed by atoms with E-state index in [4.69, 9.17) is 35.2 Å². The van der Waals surface area contributed by atoms with E-state index in [-0.39, 0.29) is 82.1 Å². The number of cyclic esters (lactones) is 2. The fraction of sp³-hybridized carbons (Fsp3) is 0.586. The minimum absolute atomic E-state index is 0.0110. The molecule has 22 heteroatoms. The van der Waals surface area contributed by atoms with Crippen LogP contribution in [0.2, 0.25) is 0 Å². The topological polar surface area (TPSA) is 319 Å². The standard InChI is InChI=1S/C58H78N8O14/c1-6-36(3)49(64-44(67)19-11-8-14-28-66-45(68)22-23-46(66)69)53(74)63-40(31-38-16-9-7-10-17-38)52(73)62-39(18-15-27-61-55(59)60)51(72)65-50-37(4)25-29-76-47(70)20-12-13-21-48(71)80-41-32-43-58(34-78-58)56(41,5)57(33-77-54(50)75)26-24-35(2)30-42(57)79-43/h7,9-10,12-13,16-17,20-23,30,36-37,39-43,49-50H,6,8,11,14-15,18-19,24-29,31-34H2,1-5H3,(H,62,73)(H,63,74)(H,64,67)(H,65,72)(H4,59,60,61)/b20-12+,21-13-/t36?,37-,39+,40+,41-,42?,43-,49+,50-,56-,57-,58+/m1/s1. The zero-order valence-corrected chi connectivity index (χ0v) is 46.4. The highest BCUT2D eigenvalue weighted by atomic mass is 16.6. The molecule has 6 aliphatic rings. The van der Waals surface area contributed by atoms with E-state index in [9.17, 15) is 43.2 Å². The average Bonchev–Trinajstić information content (AvgIpc) is 4.27. The zero-order valence-electron chi connectivity index (χ0n) is 46.4. The molecule has 0 aromatic heterocycles. The molecule has 0 radical (unpaired) electrons. The van der Waals surface area contributed by atoms with Gasteiger partial charge in [-0.3, -0.25) is 38.7 Å². The molecule has 12 atom stereocenters. The molecule has 2 unspecified atom stereocenters. The summed E-state index contributed by atoms with van der Waals surface area (Å²) in [5, 5.41) is 11.4. The van der Waals surface area contributed by atoms with Crippen LogP contribution in [0, 0.1) is 22.7 Å². The van der Waals surface area contributed by atoms with Gasteiger partial charge in [0.15, 0.2) is 5.96 Å². The van der Waals surface area contributed by atoms with Crippen molar-refractivity contribution in [3.05, 3.63) is 84.0 Å². The molecule has 4 aliphatic heterocycles. The number of unbranched alkanes of at least 4 members (excludes halogenated alkanes) is 2. The first-order valence-electron chi connectivity index (χ1n) is 27.9. The molecule has 2 spiro atoms. The number of epoxide rings is 1. The molecule has 2 saturated heterocycles. The van der Waals surface area contributed by atoms with E-state index in [1.807, 2.05) is 26.8 Å². The molecule has 7 rings (SSSR count). The molecule has 2 aliphatic carbocycles. The highest BCUT2D eigenvalue weighted by Crippen LogP contribution is 2.72. The lowest BCUT2D eigenvalue weighted by Crippen LogP contribution is -2.67. The number of nitrogens with one attached hydrogen (secondary N) is 4. The Morgan fingerprint density at radius 2 is 1.54 bits per heavy atom. The van der Waals surface area contributed by atoms with Crippen molar-refractivity contribution in [1.82, 2.24) is 26.2 Å². The molecule has 6 amide bonds. The van der Waals surface area contributed by atoms with Gasteiger partial charge in [-0.25, -0.2) is 14.4 Å². The Morgan fingerprint density at radius 1 is 0.838 bits per heavy atom. The predicted octanol–water partition coefficient (Wildman–Crippen LogP) is 2.58. The number of esters is 3. The van der Waals surface area contributed by atoms with Gasteiger partial charge in [-0.1, -0.05) is 94.7 Å². The minimum atomic E-state index is -1.37. The van der Waals surface area contributed by atoms with Crippen LogP contribution in [0.25, 0.3) is 0 Å². The summed E-state index contributed by atoms with van der Waals surface area (Å²) in [6.07, 6.45) is 11.7. The number of hydrogen-bond acceptors (Lipinski definition) is 15.